The van der Waals surface area contributed by atoms with Crippen molar-refractivity contribution in [3.05, 3.63) is 40.8 Å². The van der Waals surface area contributed by atoms with Gasteiger partial charge in [0.15, 0.2) is 0 Å². The summed E-state index contributed by atoms with van der Waals surface area (Å²) in [6, 6.07) is 10.2. The lowest BCUT2D eigenvalue weighted by molar-refractivity contribution is -0.00000519. The molecule has 8 heteroatoms. The van der Waals surface area contributed by atoms with Crippen molar-refractivity contribution in [2.75, 3.05) is 37.9 Å². The van der Waals surface area contributed by atoms with E-state index < -0.39 is 7.87 Å². The molecule has 6 nitrogen and oxygen atoms in total. The van der Waals surface area contributed by atoms with Crippen molar-refractivity contribution in [1.82, 2.24) is 9.34 Å². The van der Waals surface area contributed by atoms with Gasteiger partial charge >= 0.3 is 7.87 Å². The van der Waals surface area contributed by atoms with Crippen LogP contribution in [0.2, 0.25) is 0 Å². The first-order valence-electron chi connectivity index (χ1n) is 7.87. The number of anilines is 1. The van der Waals surface area contributed by atoms with Crippen LogP contribution in [0.3, 0.4) is 0 Å². The second-order valence-electron chi connectivity index (χ2n) is 4.85. The van der Waals surface area contributed by atoms with Gasteiger partial charge in [0, 0.05) is 38.1 Å². The topological polar surface area (TPSA) is 58.5 Å². The molecule has 0 aromatic heterocycles. The van der Waals surface area contributed by atoms with Gasteiger partial charge in [-0.05, 0) is 45.4 Å². The number of rotatable bonds is 9. The molecule has 0 atom stereocenters. The third kappa shape index (κ3) is 4.70. The monoisotopic (exact) mass is 450 g/mol. The Balaban J connectivity index is 0.00000484. The maximum absolute atomic E-state index is 9.28. The predicted octanol–water partition coefficient (Wildman–Crippen LogP) is 1.80. The maximum Gasteiger partial charge on any atom is 0.366 e. The van der Waals surface area contributed by atoms with Crippen LogP contribution in [0.4, 0.5) is 5.69 Å². The number of halogens is 1. The molecule has 0 N–H and O–H groups in total. The van der Waals surface area contributed by atoms with E-state index in [1.54, 1.807) is 0 Å². The molecule has 0 radical (unpaired) electrons. The number of hydrogen-bond donors (Lipinski definition) is 0. The van der Waals surface area contributed by atoms with Gasteiger partial charge in [-0.25, -0.2) is 4.67 Å². The highest BCUT2D eigenvalue weighted by Gasteiger charge is 2.54. The molecular weight excluding hydrogens is 422 g/mol. The summed E-state index contributed by atoms with van der Waals surface area (Å²) in [4.78, 5) is 7.62. The summed E-state index contributed by atoms with van der Waals surface area (Å²) in [6.07, 6.45) is 0. The molecule has 1 rings (SSSR count). The molecule has 0 unspecified atom stereocenters. The van der Waals surface area contributed by atoms with E-state index in [0.717, 1.165) is 31.9 Å². The third-order valence-electron chi connectivity index (χ3n) is 3.91. The Hall–Kier alpha value is -0.590. The average molecular weight is 450 g/mol. The van der Waals surface area contributed by atoms with Gasteiger partial charge in [0.25, 0.3) is 0 Å². The van der Waals surface area contributed by atoms with E-state index in [1.807, 2.05) is 25.2 Å². The molecule has 1 aromatic rings. The molecule has 0 amide bonds. The van der Waals surface area contributed by atoms with Crippen LogP contribution in [0.1, 0.15) is 27.7 Å². The van der Waals surface area contributed by atoms with Crippen molar-refractivity contribution in [3.63, 3.8) is 0 Å². The highest BCUT2D eigenvalue weighted by molar-refractivity contribution is 7.71. The van der Waals surface area contributed by atoms with Crippen LogP contribution in [0.25, 0.3) is 10.4 Å². The Morgan fingerprint density at radius 2 is 1.39 bits per heavy atom. The Morgan fingerprint density at radius 1 is 0.957 bits per heavy atom. The smallest absolute Gasteiger partial charge is 0.366 e. The number of hydrogen-bond acceptors (Lipinski definition) is 4. The van der Waals surface area contributed by atoms with Crippen LogP contribution in [-0.2, 0) is 0 Å². The SMILES string of the molecule is CCN(CC)[P+](N=[N+]=[N-])(N(CC)CC)N(C)c1ccccc1.[I-]. The van der Waals surface area contributed by atoms with E-state index in [1.165, 1.54) is 0 Å². The summed E-state index contributed by atoms with van der Waals surface area (Å²) in [5, 5.41) is 0. The minimum Gasteiger partial charge on any atom is -1.00 e. The number of para-hydroxylation sites is 1. The molecule has 0 aliphatic rings. The summed E-state index contributed by atoms with van der Waals surface area (Å²) < 4.78 is 6.77. The van der Waals surface area contributed by atoms with Crippen molar-refractivity contribution in [2.45, 2.75) is 27.7 Å². The van der Waals surface area contributed by atoms with Gasteiger partial charge in [0.05, 0.1) is 5.69 Å². The van der Waals surface area contributed by atoms with Gasteiger partial charge in [0.2, 0.25) is 0 Å². The van der Waals surface area contributed by atoms with E-state index in [0.29, 0.717) is 0 Å². The van der Waals surface area contributed by atoms with Gasteiger partial charge in [0.1, 0.15) is 4.88 Å². The Labute approximate surface area is 158 Å². The zero-order valence-corrected chi connectivity index (χ0v) is 17.8. The summed E-state index contributed by atoms with van der Waals surface area (Å²) in [5.74, 6) is 0. The standard InChI is InChI=1S/C15H28N6P.HI/c1-6-20(7-2)22(18-17-16,21(8-3)9-4)19(5)15-13-11-10-12-14-15;/h10-14H,6-9H2,1-5H3;1H/q+1;/p-1. The first kappa shape index (κ1) is 22.4. The average Bonchev–Trinajstić information content (AvgIpc) is 2.56. The van der Waals surface area contributed by atoms with Gasteiger partial charge in [-0.3, -0.25) is 0 Å². The van der Waals surface area contributed by atoms with Gasteiger partial charge in [-0.1, -0.05) is 18.2 Å². The zero-order valence-electron chi connectivity index (χ0n) is 14.7. The van der Waals surface area contributed by atoms with E-state index in [-0.39, 0.29) is 24.0 Å². The summed E-state index contributed by atoms with van der Waals surface area (Å²) >= 11 is 0. The molecule has 0 spiro atoms. The molecule has 0 aliphatic heterocycles. The number of benzene rings is 1. The molecule has 23 heavy (non-hydrogen) atoms. The summed E-state index contributed by atoms with van der Waals surface area (Å²) in [5.41, 5.74) is 10.4. The molecule has 0 bridgehead atoms. The highest BCUT2D eigenvalue weighted by Crippen LogP contribution is 2.69. The Bertz CT molecular complexity index is 474. The van der Waals surface area contributed by atoms with Gasteiger partial charge in [-0.2, -0.15) is 0 Å². The van der Waals surface area contributed by atoms with Gasteiger partial charge < -0.3 is 24.0 Å². The Kier molecular flexibility index (Phi) is 10.8. The van der Waals surface area contributed by atoms with Crippen LogP contribution < -0.4 is 28.6 Å². The highest BCUT2D eigenvalue weighted by atomic mass is 127. The van der Waals surface area contributed by atoms with Crippen LogP contribution >= 0.6 is 7.87 Å². The molecule has 1 aromatic carbocycles. The molecule has 0 saturated carbocycles. The second-order valence-corrected chi connectivity index (χ2v) is 7.84. The summed E-state index contributed by atoms with van der Waals surface area (Å²) in [6.45, 7) is 11.9. The number of nitrogens with zero attached hydrogens (tertiary/aromatic N) is 6. The quantitative estimate of drug-likeness (QED) is 0.190. The van der Waals surface area contributed by atoms with Crippen LogP contribution in [0.5, 0.6) is 0 Å². The fourth-order valence-corrected chi connectivity index (χ4v) is 6.32. The van der Waals surface area contributed by atoms with E-state index in [4.69, 9.17) is 0 Å². The van der Waals surface area contributed by atoms with Crippen molar-refractivity contribution < 1.29 is 24.0 Å². The lowest BCUT2D eigenvalue weighted by Gasteiger charge is -2.41. The van der Waals surface area contributed by atoms with Gasteiger partial charge in [-0.15, -0.1) is 9.34 Å². The summed E-state index contributed by atoms with van der Waals surface area (Å²) in [7, 11) is -0.285. The first-order chi connectivity index (χ1) is 10.6. The van der Waals surface area contributed by atoms with E-state index in [2.05, 4.69) is 63.6 Å². The molecule has 0 fully saturated rings. The van der Waals surface area contributed by atoms with Crippen molar-refractivity contribution in [3.8, 4) is 0 Å². The normalized spacial score (nSPS) is 11.1. The van der Waals surface area contributed by atoms with Crippen LogP contribution in [0, 0.1) is 0 Å². The molecule has 0 aliphatic carbocycles. The fraction of sp³-hybridized carbons (Fsp3) is 0.600. The molecule has 0 saturated heterocycles. The van der Waals surface area contributed by atoms with Crippen molar-refractivity contribution >= 4 is 13.6 Å². The first-order valence-corrected chi connectivity index (χ1v) is 9.47. The second kappa shape index (κ2) is 11.0. The third-order valence-corrected chi connectivity index (χ3v) is 7.92. The minimum atomic E-state index is -2.32. The molecule has 0 heterocycles. The largest absolute Gasteiger partial charge is 1.00 e. The van der Waals surface area contributed by atoms with Crippen LogP contribution in [-0.4, -0.2) is 42.6 Å². The maximum atomic E-state index is 9.28. The van der Waals surface area contributed by atoms with E-state index >= 15 is 0 Å². The number of azide groups is 1. The fourth-order valence-electron chi connectivity index (χ4n) is 2.79. The Morgan fingerprint density at radius 3 is 1.74 bits per heavy atom. The zero-order chi connectivity index (χ0) is 16.6. The van der Waals surface area contributed by atoms with Crippen molar-refractivity contribution in [2.24, 2.45) is 4.88 Å². The van der Waals surface area contributed by atoms with E-state index in [9.17, 15) is 5.53 Å². The van der Waals surface area contributed by atoms with Crippen molar-refractivity contribution in [1.29, 1.82) is 0 Å². The molecule has 130 valence electrons. The molecular formula is C15H28IN6P. The lowest BCUT2D eigenvalue weighted by Crippen LogP contribution is -3.00. The lowest BCUT2D eigenvalue weighted by atomic mass is 10.3. The minimum absolute atomic E-state index is 0. The van der Waals surface area contributed by atoms with Crippen LogP contribution in [0.15, 0.2) is 35.2 Å². The predicted molar refractivity (Wildman–Crippen MR) is 96.8 cm³/mol.